The van der Waals surface area contributed by atoms with Crippen molar-refractivity contribution in [1.29, 1.82) is 0 Å². The second-order valence-corrected chi connectivity index (χ2v) is 8.76. The third-order valence-corrected chi connectivity index (χ3v) is 6.21. The molecule has 2 aromatic heterocycles. The number of anilines is 1. The summed E-state index contributed by atoms with van der Waals surface area (Å²) < 4.78 is 7.26. The minimum absolute atomic E-state index is 0.0482. The Balaban J connectivity index is 1.41. The number of hydrogen-bond donors (Lipinski definition) is 1. The summed E-state index contributed by atoms with van der Waals surface area (Å²) >= 11 is 0. The average Bonchev–Trinajstić information content (AvgIpc) is 3.45. The topological polar surface area (TPSA) is 97.0 Å². The van der Waals surface area contributed by atoms with Gasteiger partial charge in [-0.05, 0) is 69.2 Å². The molecule has 1 amide bonds. The molecule has 1 saturated heterocycles. The molecule has 1 aliphatic rings. The molecule has 0 unspecified atom stereocenters. The van der Waals surface area contributed by atoms with Gasteiger partial charge in [0.25, 0.3) is 0 Å². The Morgan fingerprint density at radius 1 is 1.09 bits per heavy atom. The standard InChI is InChI=1S/C24H25N5O3/c1-13(2)29-20-8-6-16(10-19(20)25-24(29)31)22-26-23(32-27-22)17-11-21(30)28(12-17)18-7-5-14(3)15(4)9-18/h5-10,13,17H,11-12H2,1-4H3,(H,25,31)/t17-/m0/s1. The predicted molar refractivity (Wildman–Crippen MR) is 122 cm³/mol. The number of benzene rings is 2. The molecule has 4 aromatic rings. The third-order valence-electron chi connectivity index (χ3n) is 6.21. The molecule has 5 rings (SSSR count). The van der Waals surface area contributed by atoms with Crippen molar-refractivity contribution in [2.75, 3.05) is 11.4 Å². The monoisotopic (exact) mass is 431 g/mol. The van der Waals surface area contributed by atoms with E-state index in [4.69, 9.17) is 4.52 Å². The normalized spacial score (nSPS) is 16.6. The van der Waals surface area contributed by atoms with Crippen molar-refractivity contribution in [2.24, 2.45) is 0 Å². The van der Waals surface area contributed by atoms with Gasteiger partial charge < -0.3 is 14.4 Å². The highest BCUT2D eigenvalue weighted by atomic mass is 16.5. The summed E-state index contributed by atoms with van der Waals surface area (Å²) in [5.74, 6) is 0.785. The molecule has 1 atom stereocenters. The summed E-state index contributed by atoms with van der Waals surface area (Å²) in [5.41, 5.74) is 5.41. The minimum Gasteiger partial charge on any atom is -0.339 e. The maximum absolute atomic E-state index is 12.7. The summed E-state index contributed by atoms with van der Waals surface area (Å²) in [6, 6.07) is 11.7. The van der Waals surface area contributed by atoms with Gasteiger partial charge in [-0.25, -0.2) is 4.79 Å². The third kappa shape index (κ3) is 3.32. The van der Waals surface area contributed by atoms with Crippen LogP contribution in [0.15, 0.2) is 45.7 Å². The zero-order valence-corrected chi connectivity index (χ0v) is 18.5. The molecule has 8 nitrogen and oxygen atoms in total. The van der Waals surface area contributed by atoms with Gasteiger partial charge in [-0.2, -0.15) is 4.98 Å². The lowest BCUT2D eigenvalue weighted by Gasteiger charge is -2.17. The van der Waals surface area contributed by atoms with Crippen molar-refractivity contribution >= 4 is 22.6 Å². The first-order valence-electron chi connectivity index (χ1n) is 10.8. The minimum atomic E-state index is -0.157. The maximum Gasteiger partial charge on any atom is 0.326 e. The molecule has 0 bridgehead atoms. The molecule has 0 saturated carbocycles. The van der Waals surface area contributed by atoms with E-state index in [0.717, 1.165) is 27.8 Å². The highest BCUT2D eigenvalue weighted by Crippen LogP contribution is 2.33. The lowest BCUT2D eigenvalue weighted by Crippen LogP contribution is -2.24. The van der Waals surface area contributed by atoms with Gasteiger partial charge in [0, 0.05) is 30.3 Å². The Morgan fingerprint density at radius 3 is 2.66 bits per heavy atom. The molecule has 1 aliphatic heterocycles. The lowest BCUT2D eigenvalue weighted by atomic mass is 10.1. The van der Waals surface area contributed by atoms with E-state index in [1.807, 2.05) is 57.2 Å². The van der Waals surface area contributed by atoms with E-state index in [9.17, 15) is 9.59 Å². The quantitative estimate of drug-likeness (QED) is 0.525. The molecule has 8 heteroatoms. The van der Waals surface area contributed by atoms with Crippen LogP contribution in [0.1, 0.15) is 49.2 Å². The Morgan fingerprint density at radius 2 is 1.91 bits per heavy atom. The van der Waals surface area contributed by atoms with Gasteiger partial charge in [0.1, 0.15) is 0 Å². The number of imidazole rings is 1. The molecule has 3 heterocycles. The van der Waals surface area contributed by atoms with Crippen molar-refractivity contribution in [3.8, 4) is 11.4 Å². The van der Waals surface area contributed by atoms with Crippen LogP contribution in [0.5, 0.6) is 0 Å². The van der Waals surface area contributed by atoms with Crippen LogP contribution in [0.4, 0.5) is 5.69 Å². The number of nitrogens with one attached hydrogen (secondary N) is 1. The smallest absolute Gasteiger partial charge is 0.326 e. The fourth-order valence-electron chi connectivity index (χ4n) is 4.32. The molecule has 0 aliphatic carbocycles. The highest BCUT2D eigenvalue weighted by Gasteiger charge is 2.35. The number of hydrogen-bond acceptors (Lipinski definition) is 5. The summed E-state index contributed by atoms with van der Waals surface area (Å²) in [4.78, 5) is 34.2. The Hall–Kier alpha value is -3.68. The van der Waals surface area contributed by atoms with E-state index in [-0.39, 0.29) is 23.6 Å². The van der Waals surface area contributed by atoms with Crippen LogP contribution in [-0.2, 0) is 4.79 Å². The number of fused-ring (bicyclic) bond motifs is 1. The van der Waals surface area contributed by atoms with Gasteiger partial charge in [-0.15, -0.1) is 0 Å². The van der Waals surface area contributed by atoms with Crippen molar-refractivity contribution in [3.63, 3.8) is 0 Å². The van der Waals surface area contributed by atoms with Crippen molar-refractivity contribution in [1.82, 2.24) is 19.7 Å². The first kappa shape index (κ1) is 20.2. The number of aryl methyl sites for hydroxylation is 2. The van der Waals surface area contributed by atoms with Crippen LogP contribution in [-0.4, -0.2) is 32.1 Å². The van der Waals surface area contributed by atoms with E-state index in [2.05, 4.69) is 22.0 Å². The van der Waals surface area contributed by atoms with Crippen molar-refractivity contribution in [3.05, 3.63) is 63.9 Å². The van der Waals surface area contributed by atoms with E-state index >= 15 is 0 Å². The number of nitrogens with zero attached hydrogens (tertiary/aromatic N) is 4. The number of carbonyl (C=O) groups is 1. The van der Waals surface area contributed by atoms with Gasteiger partial charge in [-0.1, -0.05) is 11.2 Å². The zero-order valence-electron chi connectivity index (χ0n) is 18.5. The van der Waals surface area contributed by atoms with Crippen molar-refractivity contribution < 1.29 is 9.32 Å². The fraction of sp³-hybridized carbons (Fsp3) is 0.333. The van der Waals surface area contributed by atoms with Crippen LogP contribution in [0, 0.1) is 13.8 Å². The number of H-pyrrole nitrogens is 1. The summed E-state index contributed by atoms with van der Waals surface area (Å²) in [7, 11) is 0. The van der Waals surface area contributed by atoms with E-state index in [1.54, 1.807) is 9.47 Å². The number of carbonyl (C=O) groups excluding carboxylic acids is 1. The van der Waals surface area contributed by atoms with E-state index in [0.29, 0.717) is 24.7 Å². The molecular formula is C24H25N5O3. The Kier molecular flexibility index (Phi) is 4.73. The first-order chi connectivity index (χ1) is 15.3. The first-order valence-corrected chi connectivity index (χ1v) is 10.8. The Labute approximate surface area is 184 Å². The van der Waals surface area contributed by atoms with Gasteiger partial charge in [0.15, 0.2) is 0 Å². The largest absolute Gasteiger partial charge is 0.339 e. The zero-order chi connectivity index (χ0) is 22.6. The summed E-state index contributed by atoms with van der Waals surface area (Å²) in [6.07, 6.45) is 0.331. The average molecular weight is 431 g/mol. The highest BCUT2D eigenvalue weighted by molar-refractivity contribution is 5.96. The van der Waals surface area contributed by atoms with Gasteiger partial charge >= 0.3 is 5.69 Å². The second-order valence-electron chi connectivity index (χ2n) is 8.76. The van der Waals surface area contributed by atoms with Crippen LogP contribution in [0.2, 0.25) is 0 Å². The van der Waals surface area contributed by atoms with Gasteiger partial charge in [0.2, 0.25) is 17.6 Å². The maximum atomic E-state index is 12.7. The molecule has 0 radical (unpaired) electrons. The molecule has 1 N–H and O–H groups in total. The van der Waals surface area contributed by atoms with Crippen LogP contribution in [0.3, 0.4) is 0 Å². The Bertz CT molecular complexity index is 1390. The van der Waals surface area contributed by atoms with E-state index in [1.165, 1.54) is 5.56 Å². The van der Waals surface area contributed by atoms with Gasteiger partial charge in [-0.3, -0.25) is 9.36 Å². The number of aromatic amines is 1. The fourth-order valence-corrected chi connectivity index (χ4v) is 4.32. The van der Waals surface area contributed by atoms with Crippen molar-refractivity contribution in [2.45, 2.75) is 46.1 Å². The molecule has 1 fully saturated rings. The second kappa shape index (κ2) is 7.47. The molecule has 2 aromatic carbocycles. The number of aromatic nitrogens is 4. The van der Waals surface area contributed by atoms with E-state index < -0.39 is 0 Å². The molecular weight excluding hydrogens is 406 g/mol. The molecule has 0 spiro atoms. The lowest BCUT2D eigenvalue weighted by molar-refractivity contribution is -0.117. The van der Waals surface area contributed by atoms with Crippen LogP contribution >= 0.6 is 0 Å². The summed E-state index contributed by atoms with van der Waals surface area (Å²) in [5, 5.41) is 4.14. The van der Waals surface area contributed by atoms with Crippen LogP contribution < -0.4 is 10.6 Å². The SMILES string of the molecule is Cc1ccc(N2C[C@@H](c3nc(-c4ccc5c(c4)[nH]c(=O)n5C(C)C)no3)CC2=O)cc1C. The molecule has 164 valence electrons. The van der Waals surface area contributed by atoms with Crippen LogP contribution in [0.25, 0.3) is 22.4 Å². The van der Waals surface area contributed by atoms with Gasteiger partial charge in [0.05, 0.1) is 17.0 Å². The molecule has 32 heavy (non-hydrogen) atoms. The number of rotatable bonds is 4. The predicted octanol–water partition coefficient (Wildman–Crippen LogP) is 4.10. The summed E-state index contributed by atoms with van der Waals surface area (Å²) in [6.45, 7) is 8.54. The number of amides is 1.